The number of hydrogen-bond donors (Lipinski definition) is 1. The van der Waals surface area contributed by atoms with E-state index in [1.807, 2.05) is 0 Å². The Morgan fingerprint density at radius 2 is 2.50 bits per heavy atom. The number of carbonyl (C=O) groups excluding carboxylic acids is 1. The van der Waals surface area contributed by atoms with Crippen LogP contribution in [0.4, 0.5) is 0 Å². The van der Waals surface area contributed by atoms with Gasteiger partial charge in [-0.25, -0.2) is 9.78 Å². The summed E-state index contributed by atoms with van der Waals surface area (Å²) in [7, 11) is 1.35. The highest BCUT2D eigenvalue weighted by atomic mass is 32.1. The van der Waals surface area contributed by atoms with Crippen molar-refractivity contribution in [1.82, 2.24) is 4.98 Å². The van der Waals surface area contributed by atoms with E-state index in [0.29, 0.717) is 11.6 Å². The van der Waals surface area contributed by atoms with E-state index in [-0.39, 0.29) is 6.04 Å². The molecule has 5 heteroatoms. The maximum atomic E-state index is 11.1. The number of methoxy groups -OCH3 is 1. The minimum absolute atomic E-state index is 0.00148. The molecule has 0 bridgehead atoms. The number of carbonyl (C=O) groups is 1. The van der Waals surface area contributed by atoms with Gasteiger partial charge >= 0.3 is 5.97 Å². The van der Waals surface area contributed by atoms with Crippen LogP contribution in [0.25, 0.3) is 0 Å². The third kappa shape index (κ3) is 1.78. The van der Waals surface area contributed by atoms with Crippen LogP contribution in [0.15, 0.2) is 5.38 Å². The molecule has 0 radical (unpaired) electrons. The van der Waals surface area contributed by atoms with Crippen molar-refractivity contribution in [2.45, 2.75) is 18.9 Å². The summed E-state index contributed by atoms with van der Waals surface area (Å²) >= 11 is 1.43. The molecule has 0 spiro atoms. The molecule has 14 heavy (non-hydrogen) atoms. The first-order chi connectivity index (χ1) is 6.72. The Morgan fingerprint density at radius 1 is 1.79 bits per heavy atom. The van der Waals surface area contributed by atoms with Gasteiger partial charge in [0.05, 0.1) is 13.2 Å². The van der Waals surface area contributed by atoms with Crippen LogP contribution in [0.5, 0.6) is 0 Å². The minimum atomic E-state index is -0.393. The van der Waals surface area contributed by atoms with Crippen molar-refractivity contribution < 1.29 is 9.53 Å². The zero-order valence-electron chi connectivity index (χ0n) is 7.90. The summed E-state index contributed by atoms with van der Waals surface area (Å²) in [6.45, 7) is 0. The van der Waals surface area contributed by atoms with E-state index >= 15 is 0 Å². The highest BCUT2D eigenvalue weighted by Gasteiger charge is 2.31. The van der Waals surface area contributed by atoms with Crippen LogP contribution in [0.1, 0.15) is 34.4 Å². The molecule has 0 aliphatic heterocycles. The van der Waals surface area contributed by atoms with E-state index in [4.69, 9.17) is 5.73 Å². The number of rotatable bonds is 3. The smallest absolute Gasteiger partial charge is 0.357 e. The first kappa shape index (κ1) is 9.61. The Morgan fingerprint density at radius 3 is 3.07 bits per heavy atom. The number of hydrogen-bond acceptors (Lipinski definition) is 5. The lowest BCUT2D eigenvalue weighted by Crippen LogP contribution is -2.12. The van der Waals surface area contributed by atoms with Crippen LogP contribution in [0, 0.1) is 5.92 Å². The third-order valence-corrected chi connectivity index (χ3v) is 3.28. The minimum Gasteiger partial charge on any atom is -0.464 e. The predicted molar refractivity (Wildman–Crippen MR) is 53.1 cm³/mol. The Balaban J connectivity index is 2.12. The molecule has 1 atom stereocenters. The van der Waals surface area contributed by atoms with Crippen LogP contribution in [-0.2, 0) is 4.74 Å². The molecule has 0 amide bonds. The largest absolute Gasteiger partial charge is 0.464 e. The molecule has 1 saturated carbocycles. The number of ether oxygens (including phenoxy) is 1. The molecule has 1 aliphatic carbocycles. The van der Waals surface area contributed by atoms with Gasteiger partial charge in [0.2, 0.25) is 0 Å². The van der Waals surface area contributed by atoms with Crippen LogP contribution < -0.4 is 5.73 Å². The summed E-state index contributed by atoms with van der Waals surface area (Å²) in [5.41, 5.74) is 6.32. The Hall–Kier alpha value is -0.940. The van der Waals surface area contributed by atoms with Gasteiger partial charge in [0, 0.05) is 5.38 Å². The molecule has 1 fully saturated rings. The normalized spacial score (nSPS) is 17.9. The van der Waals surface area contributed by atoms with E-state index in [9.17, 15) is 4.79 Å². The van der Waals surface area contributed by atoms with Crippen molar-refractivity contribution in [2.75, 3.05) is 7.11 Å². The van der Waals surface area contributed by atoms with Gasteiger partial charge in [-0.1, -0.05) is 0 Å². The molecule has 76 valence electrons. The number of aromatic nitrogens is 1. The molecule has 1 aromatic heterocycles. The first-order valence-corrected chi connectivity index (χ1v) is 5.39. The third-order valence-electron chi connectivity index (χ3n) is 2.33. The highest BCUT2D eigenvalue weighted by molar-refractivity contribution is 7.09. The molecule has 2 N–H and O–H groups in total. The molecule has 0 saturated heterocycles. The van der Waals surface area contributed by atoms with E-state index in [1.54, 1.807) is 5.38 Å². The standard InChI is InChI=1S/C9H12N2O2S/c1-13-9(12)6-4-14-8(11-6)7(10)5-2-3-5/h4-5,7H,2-3,10H2,1H3. The van der Waals surface area contributed by atoms with Gasteiger partial charge in [0.15, 0.2) is 5.69 Å². The average Bonchev–Trinajstić information content (AvgIpc) is 2.93. The maximum absolute atomic E-state index is 11.1. The lowest BCUT2D eigenvalue weighted by Gasteiger charge is -2.04. The van der Waals surface area contributed by atoms with E-state index in [2.05, 4.69) is 9.72 Å². The molecule has 1 heterocycles. The van der Waals surface area contributed by atoms with Gasteiger partial charge in [0.25, 0.3) is 0 Å². The number of esters is 1. The van der Waals surface area contributed by atoms with Crippen LogP contribution in [0.2, 0.25) is 0 Å². The summed E-state index contributed by atoms with van der Waals surface area (Å²) in [4.78, 5) is 15.3. The van der Waals surface area contributed by atoms with Crippen molar-refractivity contribution in [3.63, 3.8) is 0 Å². The summed E-state index contributed by atoms with van der Waals surface area (Å²) in [5.74, 6) is 0.169. The zero-order valence-corrected chi connectivity index (χ0v) is 8.71. The highest BCUT2D eigenvalue weighted by Crippen LogP contribution is 2.40. The van der Waals surface area contributed by atoms with Crippen molar-refractivity contribution in [3.05, 3.63) is 16.1 Å². The van der Waals surface area contributed by atoms with Crippen molar-refractivity contribution >= 4 is 17.3 Å². The van der Waals surface area contributed by atoms with Gasteiger partial charge in [0.1, 0.15) is 5.01 Å². The van der Waals surface area contributed by atoms with Gasteiger partial charge in [-0.15, -0.1) is 11.3 Å². The molecule has 2 rings (SSSR count). The molecule has 0 aromatic carbocycles. The summed E-state index contributed by atoms with van der Waals surface area (Å²) in [6.07, 6.45) is 2.35. The number of nitrogens with zero attached hydrogens (tertiary/aromatic N) is 1. The van der Waals surface area contributed by atoms with Gasteiger partial charge in [-0.3, -0.25) is 0 Å². The molecule has 1 aromatic rings. The SMILES string of the molecule is COC(=O)c1csc(C(N)C2CC2)n1. The molecule has 4 nitrogen and oxygen atoms in total. The van der Waals surface area contributed by atoms with E-state index < -0.39 is 5.97 Å². The average molecular weight is 212 g/mol. The van der Waals surface area contributed by atoms with Crippen molar-refractivity contribution in [1.29, 1.82) is 0 Å². The molecule has 1 unspecified atom stereocenters. The second-order valence-electron chi connectivity index (χ2n) is 3.43. The topological polar surface area (TPSA) is 65.2 Å². The lowest BCUT2D eigenvalue weighted by atomic mass is 10.2. The summed E-state index contributed by atoms with van der Waals surface area (Å²) in [5, 5.41) is 2.54. The Kier molecular flexibility index (Phi) is 2.52. The molecule has 1 aliphatic rings. The fraction of sp³-hybridized carbons (Fsp3) is 0.556. The van der Waals surface area contributed by atoms with Crippen LogP contribution >= 0.6 is 11.3 Å². The van der Waals surface area contributed by atoms with Crippen molar-refractivity contribution in [3.8, 4) is 0 Å². The Bertz CT molecular complexity index is 346. The van der Waals surface area contributed by atoms with Crippen molar-refractivity contribution in [2.24, 2.45) is 11.7 Å². The fourth-order valence-corrected chi connectivity index (χ4v) is 2.18. The van der Waals surface area contributed by atoms with E-state index in [1.165, 1.54) is 31.3 Å². The van der Waals surface area contributed by atoms with Gasteiger partial charge < -0.3 is 10.5 Å². The number of thiazole rings is 1. The predicted octanol–water partition coefficient (Wildman–Crippen LogP) is 1.34. The lowest BCUT2D eigenvalue weighted by molar-refractivity contribution is 0.0594. The van der Waals surface area contributed by atoms with Gasteiger partial charge in [-0.2, -0.15) is 0 Å². The molecular weight excluding hydrogens is 200 g/mol. The maximum Gasteiger partial charge on any atom is 0.357 e. The zero-order chi connectivity index (χ0) is 10.1. The fourth-order valence-electron chi connectivity index (χ4n) is 1.30. The quantitative estimate of drug-likeness (QED) is 0.768. The molecular formula is C9H12N2O2S. The second-order valence-corrected chi connectivity index (χ2v) is 4.32. The van der Waals surface area contributed by atoms with Gasteiger partial charge in [-0.05, 0) is 18.8 Å². The second kappa shape index (κ2) is 3.67. The summed E-state index contributed by atoms with van der Waals surface area (Å²) < 4.78 is 4.57. The van der Waals surface area contributed by atoms with Crippen LogP contribution in [0.3, 0.4) is 0 Å². The van der Waals surface area contributed by atoms with E-state index in [0.717, 1.165) is 5.01 Å². The van der Waals surface area contributed by atoms with Crippen LogP contribution in [-0.4, -0.2) is 18.1 Å². The Labute approximate surface area is 86.1 Å². The first-order valence-electron chi connectivity index (χ1n) is 4.51. The summed E-state index contributed by atoms with van der Waals surface area (Å²) in [6, 6.07) is -0.00148. The monoisotopic (exact) mass is 212 g/mol. The number of nitrogens with two attached hydrogens (primary N) is 1.